The zero-order valence-corrected chi connectivity index (χ0v) is 12.5. The van der Waals surface area contributed by atoms with Crippen LogP contribution in [0.15, 0.2) is 4.99 Å². The van der Waals surface area contributed by atoms with E-state index in [1.807, 2.05) is 0 Å². The normalized spacial score (nSPS) is 23.4. The molecular weight excluding hydrogens is 370 g/mol. The molecule has 1 nitrogen and oxygen atoms in total. The molecule has 0 aliphatic carbocycles. The van der Waals surface area contributed by atoms with Gasteiger partial charge in [-0.15, -0.1) is 0 Å². The number of unbranched alkanes of at least 4 members (excludes halogenated alkanes) is 5. The van der Waals surface area contributed by atoms with Crippen molar-refractivity contribution in [2.75, 3.05) is 12.3 Å². The monoisotopic (exact) mass is 394 g/mol. The average Bonchev–Trinajstić information content (AvgIpc) is 2.69. The molecule has 1 atom stereocenters. The predicted molar refractivity (Wildman–Crippen MR) is 65.4 cm³/mol. The fraction of sp³-hybridized carbons (Fsp3) is 0.909. The summed E-state index contributed by atoms with van der Waals surface area (Å²) < 4.78 is 0. The van der Waals surface area contributed by atoms with Crippen molar-refractivity contribution in [2.45, 2.75) is 50.4 Å². The van der Waals surface area contributed by atoms with Gasteiger partial charge in [-0.25, -0.2) is 0 Å². The summed E-state index contributed by atoms with van der Waals surface area (Å²) in [5, 5.41) is 0. The van der Waals surface area contributed by atoms with Crippen LogP contribution in [0, 0.1) is 0 Å². The summed E-state index contributed by atoms with van der Waals surface area (Å²) in [7, 11) is 0.361. The first-order chi connectivity index (χ1) is 6.93. The van der Waals surface area contributed by atoms with Crippen LogP contribution in [0.3, 0.4) is 0 Å². The first-order valence-electron chi connectivity index (χ1n) is 5.74. The first-order valence-corrected chi connectivity index (χ1v) is 12.1. The Kier molecular flexibility index (Phi) is 8.13. The van der Waals surface area contributed by atoms with Crippen molar-refractivity contribution in [1.82, 2.24) is 0 Å². The Morgan fingerprint density at radius 1 is 1.21 bits per heavy atom. The van der Waals surface area contributed by atoms with E-state index in [0.29, 0.717) is 25.2 Å². The zero-order valence-electron chi connectivity index (χ0n) is 9.17. The van der Waals surface area contributed by atoms with Gasteiger partial charge in [-0.3, -0.25) is 0 Å². The standard InChI is InChI=1S/C8H17.C3H5NS.Ir/c1-3-5-7-8-6-4-2;1-2-5-3-4-1;/h1,3-8H2,2H3;3H,1-2H2;/q;;-1/p+1. The van der Waals surface area contributed by atoms with Crippen molar-refractivity contribution >= 4 is 14.3 Å². The fourth-order valence-corrected chi connectivity index (χ4v) is 9.42. The summed E-state index contributed by atoms with van der Waals surface area (Å²) in [6.45, 7) is 3.43. The van der Waals surface area contributed by atoms with Gasteiger partial charge >= 0.3 is 98.4 Å². The summed E-state index contributed by atoms with van der Waals surface area (Å²) in [5.41, 5.74) is 2.30. The molecule has 1 aliphatic rings. The quantitative estimate of drug-likeness (QED) is 0.476. The van der Waals surface area contributed by atoms with Crippen LogP contribution >= 0.6 is 8.77 Å². The van der Waals surface area contributed by atoms with Crippen molar-refractivity contribution in [3.63, 3.8) is 0 Å². The maximum absolute atomic E-state index is 4.34. The maximum atomic E-state index is 4.34. The van der Waals surface area contributed by atoms with Crippen LogP contribution in [-0.4, -0.2) is 17.8 Å². The molecule has 0 bridgehead atoms. The molecule has 0 amide bonds. The molecule has 0 spiro atoms. The van der Waals surface area contributed by atoms with Crippen LogP contribution in [0.5, 0.6) is 0 Å². The van der Waals surface area contributed by atoms with Gasteiger partial charge in [0.2, 0.25) is 0 Å². The molecule has 0 saturated carbocycles. The zero-order chi connectivity index (χ0) is 10.1. The van der Waals surface area contributed by atoms with Crippen molar-refractivity contribution < 1.29 is 16.5 Å². The molecule has 1 aliphatic heterocycles. The molecule has 14 heavy (non-hydrogen) atoms. The van der Waals surface area contributed by atoms with Crippen molar-refractivity contribution in [2.24, 2.45) is 4.99 Å². The van der Waals surface area contributed by atoms with E-state index in [1.165, 1.54) is 44.3 Å². The van der Waals surface area contributed by atoms with Crippen LogP contribution in [0.1, 0.15) is 45.4 Å². The Morgan fingerprint density at radius 2 is 2.00 bits per heavy atom. The number of hydrogen-bond donors (Lipinski definition) is 1. The van der Waals surface area contributed by atoms with Gasteiger partial charge in [-0.2, -0.15) is 0 Å². The topological polar surface area (TPSA) is 12.4 Å². The summed E-state index contributed by atoms with van der Waals surface area (Å²) in [6, 6.07) is 0. The molecule has 1 heterocycles. The van der Waals surface area contributed by atoms with Crippen LogP contribution in [-0.2, 0) is 16.5 Å². The SMILES string of the molecule is CCCCCCC[CH2][Ir][SH]1C=NCC1. The van der Waals surface area contributed by atoms with E-state index in [9.17, 15) is 0 Å². The third-order valence-corrected chi connectivity index (χ3v) is 11.6. The van der Waals surface area contributed by atoms with Gasteiger partial charge in [0.15, 0.2) is 0 Å². The van der Waals surface area contributed by atoms with E-state index in [1.54, 1.807) is 4.93 Å². The van der Waals surface area contributed by atoms with Gasteiger partial charge in [0, 0.05) is 0 Å². The molecule has 0 aromatic rings. The van der Waals surface area contributed by atoms with E-state index in [4.69, 9.17) is 0 Å². The second-order valence-electron chi connectivity index (χ2n) is 3.66. The van der Waals surface area contributed by atoms with Crippen LogP contribution in [0.2, 0.25) is 4.93 Å². The molecule has 0 aromatic heterocycles. The first kappa shape index (κ1) is 12.7. The molecule has 0 fully saturated rings. The third kappa shape index (κ3) is 6.21. The molecule has 0 N–H and O–H groups in total. The molecule has 3 heteroatoms. The summed E-state index contributed by atoms with van der Waals surface area (Å²) in [5.74, 6) is 1.44. The Labute approximate surface area is 98.3 Å². The molecule has 0 saturated heterocycles. The van der Waals surface area contributed by atoms with Crippen LogP contribution in [0.25, 0.3) is 0 Å². The van der Waals surface area contributed by atoms with Crippen LogP contribution < -0.4 is 0 Å². The Bertz CT molecular complexity index is 161. The molecule has 1 rings (SSSR count). The van der Waals surface area contributed by atoms with E-state index in [-0.39, 0.29) is 0 Å². The van der Waals surface area contributed by atoms with Gasteiger partial charge in [-0.1, -0.05) is 0 Å². The van der Waals surface area contributed by atoms with Gasteiger partial charge in [0.1, 0.15) is 0 Å². The molecule has 0 aromatic carbocycles. The van der Waals surface area contributed by atoms with Crippen molar-refractivity contribution in [3.05, 3.63) is 0 Å². The minimum absolute atomic E-state index is 0.361. The summed E-state index contributed by atoms with van der Waals surface area (Å²) in [4.78, 5) is 5.91. The number of nitrogens with zero attached hydrogens (tertiary/aromatic N) is 1. The average molecular weight is 394 g/mol. The molecular formula is C11H23IrNS. The molecule has 1 unspecified atom stereocenters. The van der Waals surface area contributed by atoms with Gasteiger partial charge in [0.05, 0.1) is 0 Å². The van der Waals surface area contributed by atoms with Crippen molar-refractivity contribution in [1.29, 1.82) is 0 Å². The van der Waals surface area contributed by atoms with Gasteiger partial charge in [0.25, 0.3) is 0 Å². The van der Waals surface area contributed by atoms with E-state index in [2.05, 4.69) is 17.5 Å². The number of hydrogen-bond acceptors (Lipinski definition) is 1. The number of aliphatic imine (C=N–C) groups is 1. The van der Waals surface area contributed by atoms with E-state index < -0.39 is 0 Å². The number of rotatable bonds is 8. The van der Waals surface area contributed by atoms with E-state index >= 15 is 0 Å². The van der Waals surface area contributed by atoms with Gasteiger partial charge < -0.3 is 0 Å². The second-order valence-corrected chi connectivity index (χ2v) is 12.9. The Morgan fingerprint density at radius 3 is 2.71 bits per heavy atom. The third-order valence-electron chi connectivity index (χ3n) is 2.32. The fourth-order valence-electron chi connectivity index (χ4n) is 1.44. The van der Waals surface area contributed by atoms with Crippen LogP contribution in [0.4, 0.5) is 0 Å². The second kappa shape index (κ2) is 8.94. The summed E-state index contributed by atoms with van der Waals surface area (Å²) in [6.07, 6.45) is 8.75. The Hall–Kier alpha value is 0.669. The predicted octanol–water partition coefficient (Wildman–Crippen LogP) is 3.81. The van der Waals surface area contributed by atoms with E-state index in [0.717, 1.165) is 6.54 Å². The Balaban J connectivity index is 1.77. The van der Waals surface area contributed by atoms with Crippen molar-refractivity contribution in [3.8, 4) is 0 Å². The molecule has 0 radical (unpaired) electrons. The number of thiol groups is 1. The summed E-state index contributed by atoms with van der Waals surface area (Å²) >= 11 is 0.383. The molecule has 87 valence electrons. The minimum atomic E-state index is 0.361. The van der Waals surface area contributed by atoms with Gasteiger partial charge in [-0.05, 0) is 0 Å².